The molecule has 1 aromatic carbocycles. The van der Waals surface area contributed by atoms with E-state index in [1.807, 2.05) is 19.3 Å². The van der Waals surface area contributed by atoms with Gasteiger partial charge in [0.2, 0.25) is 0 Å². The molecule has 0 radical (unpaired) electrons. The lowest BCUT2D eigenvalue weighted by molar-refractivity contribution is 0.248. The molecule has 3 fully saturated rings. The fraction of sp³-hybridized carbons (Fsp3) is 0.393. The Hall–Kier alpha value is -3.14. The Balaban J connectivity index is 1.27. The van der Waals surface area contributed by atoms with Crippen LogP contribution < -0.4 is 4.90 Å². The van der Waals surface area contributed by atoms with Crippen molar-refractivity contribution < 1.29 is 0 Å². The lowest BCUT2D eigenvalue weighted by atomic mass is 9.75. The third kappa shape index (κ3) is 3.03. The van der Waals surface area contributed by atoms with Crippen LogP contribution in [0, 0.1) is 6.92 Å². The summed E-state index contributed by atoms with van der Waals surface area (Å²) >= 11 is 0. The van der Waals surface area contributed by atoms with Crippen molar-refractivity contribution in [2.24, 2.45) is 0 Å². The van der Waals surface area contributed by atoms with Crippen molar-refractivity contribution in [2.45, 2.75) is 44.1 Å². The van der Waals surface area contributed by atoms with Crippen LogP contribution in [0.1, 0.15) is 48.2 Å². The highest BCUT2D eigenvalue weighted by Gasteiger charge is 2.52. The molecule has 1 spiro atoms. The van der Waals surface area contributed by atoms with E-state index < -0.39 is 0 Å². The minimum atomic E-state index is 0.0387. The van der Waals surface area contributed by atoms with Gasteiger partial charge in [-0.05, 0) is 61.9 Å². The molecule has 166 valence electrons. The zero-order valence-corrected chi connectivity index (χ0v) is 19.2. The Kier molecular flexibility index (Phi) is 4.06. The van der Waals surface area contributed by atoms with Crippen molar-refractivity contribution in [3.8, 4) is 0 Å². The Labute approximate surface area is 194 Å². The molecule has 1 saturated heterocycles. The Morgan fingerprint density at radius 3 is 2.64 bits per heavy atom. The number of rotatable bonds is 3. The van der Waals surface area contributed by atoms with Crippen molar-refractivity contribution in [1.29, 1.82) is 0 Å². The molecule has 0 N–H and O–H groups in total. The average Bonchev–Trinajstić information content (AvgIpc) is 3.77. The van der Waals surface area contributed by atoms with E-state index in [0.717, 1.165) is 54.6 Å². The van der Waals surface area contributed by atoms with Crippen LogP contribution in [0.15, 0.2) is 54.7 Å². The third-order valence-corrected chi connectivity index (χ3v) is 8.02. The van der Waals surface area contributed by atoms with Crippen LogP contribution in [-0.2, 0) is 5.41 Å². The second-order valence-corrected chi connectivity index (χ2v) is 10.1. The van der Waals surface area contributed by atoms with Crippen molar-refractivity contribution in [3.05, 3.63) is 77.2 Å². The molecular weight excluding hydrogens is 406 g/mol. The second kappa shape index (κ2) is 6.93. The van der Waals surface area contributed by atoms with Gasteiger partial charge in [0.25, 0.3) is 0 Å². The van der Waals surface area contributed by atoms with Gasteiger partial charge < -0.3 is 9.30 Å². The highest BCUT2D eigenvalue weighted by molar-refractivity contribution is 5.97. The first-order valence-corrected chi connectivity index (χ1v) is 12.2. The molecule has 0 amide bonds. The molecular formula is C28H29N5. The number of hydrogen-bond acceptors (Lipinski definition) is 4. The first-order chi connectivity index (χ1) is 16.1. The van der Waals surface area contributed by atoms with Crippen LogP contribution in [0.25, 0.3) is 17.3 Å². The summed E-state index contributed by atoms with van der Waals surface area (Å²) in [5.41, 5.74) is 12.7. The summed E-state index contributed by atoms with van der Waals surface area (Å²) in [6, 6.07) is 7.96. The molecule has 3 heterocycles. The number of imidazole rings is 1. The van der Waals surface area contributed by atoms with Gasteiger partial charge in [0, 0.05) is 66.9 Å². The van der Waals surface area contributed by atoms with Crippen LogP contribution in [0.2, 0.25) is 0 Å². The van der Waals surface area contributed by atoms with Crippen molar-refractivity contribution in [3.63, 3.8) is 0 Å². The first-order valence-electron chi connectivity index (χ1n) is 12.2. The van der Waals surface area contributed by atoms with E-state index in [-0.39, 0.29) is 5.41 Å². The molecule has 5 heteroatoms. The summed E-state index contributed by atoms with van der Waals surface area (Å²) in [5.74, 6) is 0. The number of benzene rings is 1. The molecule has 5 nitrogen and oxygen atoms in total. The van der Waals surface area contributed by atoms with E-state index >= 15 is 0 Å². The summed E-state index contributed by atoms with van der Waals surface area (Å²) in [6.45, 7) is 10.8. The molecule has 3 aliphatic carbocycles. The standard InChI is InChI=1S/C28H29N5/c1-3-24-23(26-18-33-17-19(2)29-16-27(33)30-26)14-20-4-5-22(15-25(20)28(24)8-9-28)32-12-10-31(11-13-32)21-6-7-21/h4-5,14-18,21H,1,6-13H2,2H3. The maximum Gasteiger partial charge on any atom is 0.155 e. The summed E-state index contributed by atoms with van der Waals surface area (Å²) < 4.78 is 2.07. The van der Waals surface area contributed by atoms with E-state index in [1.54, 1.807) is 0 Å². The number of anilines is 1. The van der Waals surface area contributed by atoms with Gasteiger partial charge in [-0.3, -0.25) is 9.88 Å². The third-order valence-electron chi connectivity index (χ3n) is 8.02. The molecule has 3 aromatic rings. The average molecular weight is 436 g/mol. The van der Waals surface area contributed by atoms with Crippen LogP contribution in [-0.4, -0.2) is 51.5 Å². The van der Waals surface area contributed by atoms with Gasteiger partial charge in [0.05, 0.1) is 17.6 Å². The van der Waals surface area contributed by atoms with Crippen LogP contribution in [0.4, 0.5) is 5.69 Å². The monoisotopic (exact) mass is 435 g/mol. The number of hydrogen-bond donors (Lipinski definition) is 0. The molecule has 0 atom stereocenters. The Morgan fingerprint density at radius 2 is 1.91 bits per heavy atom. The van der Waals surface area contributed by atoms with Crippen molar-refractivity contribution in [1.82, 2.24) is 19.3 Å². The zero-order chi connectivity index (χ0) is 22.2. The number of nitrogens with zero attached hydrogens (tertiary/aromatic N) is 5. The van der Waals surface area contributed by atoms with Crippen molar-refractivity contribution in [2.75, 3.05) is 31.1 Å². The van der Waals surface area contributed by atoms with E-state index in [2.05, 4.69) is 62.0 Å². The van der Waals surface area contributed by atoms with E-state index in [0.29, 0.717) is 0 Å². The number of aromatic nitrogens is 3. The van der Waals surface area contributed by atoms with Crippen molar-refractivity contribution >= 4 is 23.0 Å². The molecule has 0 bridgehead atoms. The predicted octanol–water partition coefficient (Wildman–Crippen LogP) is 4.62. The van der Waals surface area contributed by atoms with Gasteiger partial charge in [-0.2, -0.15) is 0 Å². The highest BCUT2D eigenvalue weighted by Crippen LogP contribution is 2.60. The summed E-state index contributed by atoms with van der Waals surface area (Å²) in [6.07, 6.45) is 13.4. The molecule has 33 heavy (non-hydrogen) atoms. The smallest absolute Gasteiger partial charge is 0.155 e. The summed E-state index contributed by atoms with van der Waals surface area (Å²) in [7, 11) is 0. The maximum absolute atomic E-state index is 4.89. The normalized spacial score (nSPS) is 21.8. The largest absolute Gasteiger partial charge is 0.369 e. The Bertz CT molecular complexity index is 1360. The first kappa shape index (κ1) is 19.3. The fourth-order valence-corrected chi connectivity index (χ4v) is 5.93. The molecule has 7 rings (SSSR count). The molecule has 1 aliphatic heterocycles. The minimum Gasteiger partial charge on any atom is -0.369 e. The summed E-state index contributed by atoms with van der Waals surface area (Å²) in [5, 5.41) is 0. The van der Waals surface area contributed by atoms with Gasteiger partial charge in [-0.1, -0.05) is 12.6 Å². The van der Waals surface area contributed by atoms with Crippen LogP contribution in [0.3, 0.4) is 0 Å². The SMILES string of the molecule is C=C=C1C(c2cn3cc(C)ncc3n2)=Cc2ccc(N3CCN(C4CC4)CC3)cc2C12CC2. The predicted molar refractivity (Wildman–Crippen MR) is 132 cm³/mol. The number of piperazine rings is 1. The maximum atomic E-state index is 4.89. The molecule has 2 aromatic heterocycles. The van der Waals surface area contributed by atoms with E-state index in [1.165, 1.54) is 48.3 Å². The second-order valence-electron chi connectivity index (χ2n) is 10.1. The van der Waals surface area contributed by atoms with Crippen LogP contribution in [0.5, 0.6) is 0 Å². The lowest BCUT2D eigenvalue weighted by Gasteiger charge is -2.37. The minimum absolute atomic E-state index is 0.0387. The quantitative estimate of drug-likeness (QED) is 0.563. The molecule has 2 saturated carbocycles. The topological polar surface area (TPSA) is 36.7 Å². The number of allylic oxidation sites excluding steroid dienone is 2. The summed E-state index contributed by atoms with van der Waals surface area (Å²) in [4.78, 5) is 14.5. The van der Waals surface area contributed by atoms with E-state index in [4.69, 9.17) is 4.98 Å². The van der Waals surface area contributed by atoms with Gasteiger partial charge >= 0.3 is 0 Å². The molecule has 4 aliphatic rings. The fourth-order valence-electron chi connectivity index (χ4n) is 5.93. The van der Waals surface area contributed by atoms with Gasteiger partial charge in [0.1, 0.15) is 0 Å². The highest BCUT2D eigenvalue weighted by atomic mass is 15.3. The van der Waals surface area contributed by atoms with Crippen LogP contribution >= 0.6 is 0 Å². The van der Waals surface area contributed by atoms with Gasteiger partial charge in [-0.25, -0.2) is 4.98 Å². The number of aryl methyl sites for hydroxylation is 1. The lowest BCUT2D eigenvalue weighted by Crippen LogP contribution is -2.47. The Morgan fingerprint density at radius 1 is 1.09 bits per heavy atom. The van der Waals surface area contributed by atoms with E-state index in [9.17, 15) is 0 Å². The molecule has 0 unspecified atom stereocenters. The zero-order valence-electron chi connectivity index (χ0n) is 19.2. The van der Waals surface area contributed by atoms with Gasteiger partial charge in [-0.15, -0.1) is 5.73 Å². The number of fused-ring (bicyclic) bond motifs is 3. The van der Waals surface area contributed by atoms with Gasteiger partial charge in [0.15, 0.2) is 5.65 Å².